The first-order valence-electron chi connectivity index (χ1n) is 32.9. The largest absolute Gasteiger partial charge is 0.462 e. The van der Waals surface area contributed by atoms with E-state index in [1.165, 1.54) is 276 Å². The Morgan fingerprint density at radius 2 is 0.458 bits per heavy atom. The van der Waals surface area contributed by atoms with Crippen molar-refractivity contribution < 1.29 is 28.6 Å². The first-order valence-corrected chi connectivity index (χ1v) is 32.9. The van der Waals surface area contributed by atoms with Gasteiger partial charge in [-0.2, -0.15) is 0 Å². The van der Waals surface area contributed by atoms with Gasteiger partial charge in [-0.15, -0.1) is 0 Å². The Hall–Kier alpha value is -1.59. The van der Waals surface area contributed by atoms with Crippen molar-refractivity contribution in [3.63, 3.8) is 0 Å². The smallest absolute Gasteiger partial charge is 0.306 e. The number of hydrogen-bond donors (Lipinski definition) is 0. The number of hydrogen-bond acceptors (Lipinski definition) is 6. The molecule has 0 N–H and O–H groups in total. The van der Waals surface area contributed by atoms with Crippen molar-refractivity contribution in [1.29, 1.82) is 0 Å². The van der Waals surface area contributed by atoms with Crippen LogP contribution in [0.1, 0.15) is 381 Å². The lowest BCUT2D eigenvalue weighted by atomic mass is 9.95. The summed E-state index contributed by atoms with van der Waals surface area (Å²) in [6.45, 7) is 9.20. The molecular formula is C66H128O6. The molecule has 0 aromatic carbocycles. The Labute approximate surface area is 450 Å². The summed E-state index contributed by atoms with van der Waals surface area (Å²) < 4.78 is 16.9. The first-order chi connectivity index (χ1) is 35.4. The zero-order valence-corrected chi connectivity index (χ0v) is 49.4. The van der Waals surface area contributed by atoms with Crippen LogP contribution in [0.3, 0.4) is 0 Å². The van der Waals surface area contributed by atoms with Crippen molar-refractivity contribution in [2.75, 3.05) is 13.2 Å². The van der Waals surface area contributed by atoms with Gasteiger partial charge in [0.05, 0.1) is 0 Å². The van der Waals surface area contributed by atoms with Crippen molar-refractivity contribution in [1.82, 2.24) is 0 Å². The van der Waals surface area contributed by atoms with Gasteiger partial charge in [0, 0.05) is 19.3 Å². The number of unbranched alkanes of at least 4 members (excludes halogenated alkanes) is 46. The van der Waals surface area contributed by atoms with Crippen LogP contribution in [0.5, 0.6) is 0 Å². The van der Waals surface area contributed by atoms with E-state index in [2.05, 4.69) is 27.7 Å². The van der Waals surface area contributed by atoms with Gasteiger partial charge in [0.15, 0.2) is 6.10 Å². The zero-order valence-electron chi connectivity index (χ0n) is 49.4. The fourth-order valence-electron chi connectivity index (χ4n) is 10.5. The average molecular weight is 1020 g/mol. The standard InChI is InChI=1S/C66H128O6/c1-5-8-11-14-17-20-23-26-32-37-42-47-52-57-64(67)70-60-63(72-66(69)59-54-49-44-39-34-27-24-21-18-15-12-9-6-2)61-71-65(68)58-53-48-43-38-33-29-25-28-31-36-41-46-51-56-62(4)55-50-45-40-35-30-22-19-16-13-10-7-3/h62-63H,5-61H2,1-4H3. The second-order valence-corrected chi connectivity index (χ2v) is 23.0. The molecule has 0 fully saturated rings. The van der Waals surface area contributed by atoms with Crippen molar-refractivity contribution in [2.24, 2.45) is 5.92 Å². The van der Waals surface area contributed by atoms with Gasteiger partial charge in [0.25, 0.3) is 0 Å². The summed E-state index contributed by atoms with van der Waals surface area (Å²) in [5.74, 6) is 0.0775. The minimum absolute atomic E-state index is 0.0616. The Morgan fingerprint density at radius 1 is 0.264 bits per heavy atom. The minimum atomic E-state index is -0.762. The van der Waals surface area contributed by atoms with Gasteiger partial charge < -0.3 is 14.2 Å². The van der Waals surface area contributed by atoms with Gasteiger partial charge in [-0.1, -0.05) is 342 Å². The monoisotopic (exact) mass is 1020 g/mol. The van der Waals surface area contributed by atoms with E-state index in [1.807, 2.05) is 0 Å². The topological polar surface area (TPSA) is 78.9 Å². The molecule has 0 aromatic rings. The van der Waals surface area contributed by atoms with Crippen molar-refractivity contribution in [3.05, 3.63) is 0 Å². The molecule has 0 spiro atoms. The lowest BCUT2D eigenvalue weighted by Gasteiger charge is -2.18. The molecule has 0 aromatic heterocycles. The Bertz CT molecular complexity index is 1090. The molecule has 0 aliphatic carbocycles. The van der Waals surface area contributed by atoms with Crippen molar-refractivity contribution >= 4 is 17.9 Å². The summed E-state index contributed by atoms with van der Waals surface area (Å²) >= 11 is 0. The number of carbonyl (C=O) groups excluding carboxylic acids is 3. The number of esters is 3. The lowest BCUT2D eigenvalue weighted by Crippen LogP contribution is -2.30. The van der Waals surface area contributed by atoms with Crippen LogP contribution < -0.4 is 0 Å². The van der Waals surface area contributed by atoms with Crippen LogP contribution in [0.2, 0.25) is 0 Å². The summed E-state index contributed by atoms with van der Waals surface area (Å²) in [7, 11) is 0. The van der Waals surface area contributed by atoms with E-state index >= 15 is 0 Å². The predicted molar refractivity (Wildman–Crippen MR) is 312 cm³/mol. The van der Waals surface area contributed by atoms with Crippen LogP contribution >= 0.6 is 0 Å². The van der Waals surface area contributed by atoms with Crippen molar-refractivity contribution in [2.45, 2.75) is 387 Å². The normalized spacial score (nSPS) is 12.3. The van der Waals surface area contributed by atoms with Crippen LogP contribution in [0.4, 0.5) is 0 Å². The van der Waals surface area contributed by atoms with E-state index in [0.29, 0.717) is 19.3 Å². The molecule has 0 aliphatic heterocycles. The Kier molecular flexibility index (Phi) is 58.9. The lowest BCUT2D eigenvalue weighted by molar-refractivity contribution is -0.167. The molecule has 6 nitrogen and oxygen atoms in total. The van der Waals surface area contributed by atoms with Gasteiger partial charge >= 0.3 is 17.9 Å². The summed E-state index contributed by atoms with van der Waals surface area (Å²) in [6.07, 6.45) is 68.2. The van der Waals surface area contributed by atoms with Crippen LogP contribution in [-0.2, 0) is 28.6 Å². The predicted octanol–water partition coefficient (Wildman–Crippen LogP) is 22.1. The van der Waals surface area contributed by atoms with Gasteiger partial charge in [0.1, 0.15) is 13.2 Å². The van der Waals surface area contributed by atoms with Crippen LogP contribution in [0.25, 0.3) is 0 Å². The van der Waals surface area contributed by atoms with Crippen molar-refractivity contribution in [3.8, 4) is 0 Å². The summed E-state index contributed by atoms with van der Waals surface area (Å²) in [6, 6.07) is 0. The van der Waals surface area contributed by atoms with Gasteiger partial charge in [-0.25, -0.2) is 0 Å². The summed E-state index contributed by atoms with van der Waals surface area (Å²) in [4.78, 5) is 38.2. The van der Waals surface area contributed by atoms with E-state index in [-0.39, 0.29) is 31.1 Å². The molecule has 0 amide bonds. The third-order valence-electron chi connectivity index (χ3n) is 15.5. The fourth-order valence-corrected chi connectivity index (χ4v) is 10.5. The summed E-state index contributed by atoms with van der Waals surface area (Å²) in [5.41, 5.74) is 0. The number of ether oxygens (including phenoxy) is 3. The molecule has 0 heterocycles. The molecule has 0 saturated heterocycles. The van der Waals surface area contributed by atoms with Gasteiger partial charge in [-0.3, -0.25) is 14.4 Å². The Morgan fingerprint density at radius 3 is 0.694 bits per heavy atom. The molecule has 2 atom stereocenters. The highest BCUT2D eigenvalue weighted by Gasteiger charge is 2.19. The molecule has 72 heavy (non-hydrogen) atoms. The van der Waals surface area contributed by atoms with Gasteiger partial charge in [0.2, 0.25) is 0 Å². The highest BCUT2D eigenvalue weighted by Crippen LogP contribution is 2.21. The maximum atomic E-state index is 12.9. The molecule has 0 saturated carbocycles. The van der Waals surface area contributed by atoms with E-state index < -0.39 is 6.10 Å². The minimum Gasteiger partial charge on any atom is -0.462 e. The first kappa shape index (κ1) is 70.4. The van der Waals surface area contributed by atoms with E-state index in [9.17, 15) is 14.4 Å². The van der Waals surface area contributed by atoms with Crippen LogP contribution in [0.15, 0.2) is 0 Å². The highest BCUT2D eigenvalue weighted by molar-refractivity contribution is 5.71. The average Bonchev–Trinajstić information content (AvgIpc) is 3.37. The van der Waals surface area contributed by atoms with E-state index in [4.69, 9.17) is 14.2 Å². The molecule has 6 heteroatoms. The zero-order chi connectivity index (χ0) is 52.3. The molecule has 0 aliphatic rings. The quantitative estimate of drug-likeness (QED) is 0.0343. The third-order valence-corrected chi connectivity index (χ3v) is 15.5. The SMILES string of the molecule is CCCCCCCCCCCCCCCC(=O)OCC(COC(=O)CCCCCCCCCCCCCCCC(C)CCCCCCCCCCCCC)OC(=O)CCCCCCCCCCCCCCC. The summed E-state index contributed by atoms with van der Waals surface area (Å²) in [5, 5.41) is 0. The van der Waals surface area contributed by atoms with Crippen LogP contribution in [0, 0.1) is 5.92 Å². The second kappa shape index (κ2) is 60.3. The highest BCUT2D eigenvalue weighted by atomic mass is 16.6. The molecule has 0 bridgehead atoms. The number of rotatable bonds is 61. The Balaban J connectivity index is 4.15. The third kappa shape index (κ3) is 57.7. The maximum absolute atomic E-state index is 12.9. The molecular weight excluding hydrogens is 889 g/mol. The fraction of sp³-hybridized carbons (Fsp3) is 0.955. The maximum Gasteiger partial charge on any atom is 0.306 e. The molecule has 0 rings (SSSR count). The molecule has 2 unspecified atom stereocenters. The molecule has 0 radical (unpaired) electrons. The van der Waals surface area contributed by atoms with Gasteiger partial charge in [-0.05, 0) is 25.2 Å². The van der Waals surface area contributed by atoms with Crippen LogP contribution in [-0.4, -0.2) is 37.2 Å². The van der Waals surface area contributed by atoms with E-state index in [0.717, 1.165) is 63.7 Å². The van der Waals surface area contributed by atoms with E-state index in [1.54, 1.807) is 0 Å². The second-order valence-electron chi connectivity index (χ2n) is 23.0. The number of carbonyl (C=O) groups is 3. The molecule has 428 valence electrons.